The second-order valence-corrected chi connectivity index (χ2v) is 5.93. The number of ether oxygens (including phenoxy) is 1. The van der Waals surface area contributed by atoms with Crippen molar-refractivity contribution < 1.29 is 13.5 Å². The SMILES string of the molecule is CN=C(NCCCC1CC1)NCc1cc(C)ccc1OC(F)F.I. The van der Waals surface area contributed by atoms with Gasteiger partial charge in [0.25, 0.3) is 0 Å². The standard InChI is InChI=1S/C17H25F2N3O.HI/c1-12-5-8-15(23-16(18)19)14(10-12)11-22-17(20-2)21-9-3-4-13-6-7-13;/h5,8,10,13,16H,3-4,6-7,9,11H2,1-2H3,(H2,20,21,22);1H. The fraction of sp³-hybridized carbons (Fsp3) is 0.588. The van der Waals surface area contributed by atoms with Crippen molar-refractivity contribution in [1.29, 1.82) is 0 Å². The average Bonchev–Trinajstić information content (AvgIpc) is 3.33. The fourth-order valence-electron chi connectivity index (χ4n) is 2.46. The second-order valence-electron chi connectivity index (χ2n) is 5.93. The van der Waals surface area contributed by atoms with Crippen LogP contribution in [-0.4, -0.2) is 26.2 Å². The Hall–Kier alpha value is -1.12. The van der Waals surface area contributed by atoms with E-state index in [1.165, 1.54) is 19.3 Å². The Kier molecular flexibility index (Phi) is 9.31. The minimum absolute atomic E-state index is 0. The van der Waals surface area contributed by atoms with Crippen molar-refractivity contribution in [2.45, 2.75) is 45.8 Å². The van der Waals surface area contributed by atoms with E-state index >= 15 is 0 Å². The summed E-state index contributed by atoms with van der Waals surface area (Å²) in [5, 5.41) is 6.39. The Morgan fingerprint density at radius 2 is 2.08 bits per heavy atom. The lowest BCUT2D eigenvalue weighted by Crippen LogP contribution is -2.37. The monoisotopic (exact) mass is 453 g/mol. The molecule has 1 aromatic rings. The molecule has 0 saturated heterocycles. The average molecular weight is 453 g/mol. The number of aliphatic imine (C=N–C) groups is 1. The molecule has 1 aliphatic carbocycles. The first kappa shape index (κ1) is 20.9. The number of aryl methyl sites for hydroxylation is 1. The number of hydrogen-bond acceptors (Lipinski definition) is 2. The van der Waals surface area contributed by atoms with Gasteiger partial charge in [-0.05, 0) is 31.7 Å². The molecule has 0 amide bonds. The first-order chi connectivity index (χ1) is 11.1. The van der Waals surface area contributed by atoms with Crippen molar-refractivity contribution >= 4 is 29.9 Å². The molecule has 1 aromatic carbocycles. The number of nitrogens with one attached hydrogen (secondary N) is 2. The smallest absolute Gasteiger partial charge is 0.387 e. The van der Waals surface area contributed by atoms with E-state index in [-0.39, 0.29) is 29.7 Å². The molecule has 0 atom stereocenters. The predicted octanol–water partition coefficient (Wildman–Crippen LogP) is 4.07. The van der Waals surface area contributed by atoms with E-state index < -0.39 is 6.61 Å². The Morgan fingerprint density at radius 1 is 1.33 bits per heavy atom. The number of guanidine groups is 1. The van der Waals surface area contributed by atoms with Crippen LogP contribution in [0, 0.1) is 12.8 Å². The fourth-order valence-corrected chi connectivity index (χ4v) is 2.46. The summed E-state index contributed by atoms with van der Waals surface area (Å²) in [5.74, 6) is 1.79. The molecule has 136 valence electrons. The zero-order valence-electron chi connectivity index (χ0n) is 14.1. The van der Waals surface area contributed by atoms with Crippen molar-refractivity contribution in [3.8, 4) is 5.75 Å². The van der Waals surface area contributed by atoms with Gasteiger partial charge in [0, 0.05) is 25.7 Å². The second kappa shape index (κ2) is 10.7. The normalized spacial score (nSPS) is 14.3. The topological polar surface area (TPSA) is 45.7 Å². The lowest BCUT2D eigenvalue weighted by atomic mass is 10.1. The van der Waals surface area contributed by atoms with E-state index in [2.05, 4.69) is 20.4 Å². The van der Waals surface area contributed by atoms with Gasteiger partial charge in [0.2, 0.25) is 0 Å². The van der Waals surface area contributed by atoms with Crippen LogP contribution in [0.1, 0.15) is 36.8 Å². The van der Waals surface area contributed by atoms with Gasteiger partial charge in [-0.1, -0.05) is 30.5 Å². The molecule has 0 heterocycles. The maximum absolute atomic E-state index is 12.5. The van der Waals surface area contributed by atoms with Crippen LogP contribution in [0.5, 0.6) is 5.75 Å². The third-order valence-electron chi connectivity index (χ3n) is 3.88. The van der Waals surface area contributed by atoms with E-state index in [1.54, 1.807) is 19.2 Å². The van der Waals surface area contributed by atoms with Crippen molar-refractivity contribution in [1.82, 2.24) is 10.6 Å². The molecular weight excluding hydrogens is 427 g/mol. The quantitative estimate of drug-likeness (QED) is 0.270. The summed E-state index contributed by atoms with van der Waals surface area (Å²) in [7, 11) is 1.70. The van der Waals surface area contributed by atoms with Crippen LogP contribution >= 0.6 is 24.0 Å². The van der Waals surface area contributed by atoms with Crippen molar-refractivity contribution in [3.05, 3.63) is 29.3 Å². The molecule has 0 aliphatic heterocycles. The van der Waals surface area contributed by atoms with Crippen molar-refractivity contribution in [2.24, 2.45) is 10.9 Å². The highest BCUT2D eigenvalue weighted by molar-refractivity contribution is 14.0. The highest BCUT2D eigenvalue weighted by Crippen LogP contribution is 2.33. The van der Waals surface area contributed by atoms with Gasteiger partial charge < -0.3 is 15.4 Å². The minimum Gasteiger partial charge on any atom is -0.434 e. The zero-order valence-corrected chi connectivity index (χ0v) is 16.5. The molecule has 0 unspecified atom stereocenters. The Morgan fingerprint density at radius 3 is 2.71 bits per heavy atom. The number of rotatable bonds is 8. The number of alkyl halides is 2. The molecule has 7 heteroatoms. The molecule has 24 heavy (non-hydrogen) atoms. The Labute approximate surface area is 159 Å². The van der Waals surface area contributed by atoms with Gasteiger partial charge in [0.15, 0.2) is 5.96 Å². The Balaban J connectivity index is 0.00000288. The largest absolute Gasteiger partial charge is 0.434 e. The van der Waals surface area contributed by atoms with Crippen LogP contribution in [0.15, 0.2) is 23.2 Å². The molecule has 1 saturated carbocycles. The van der Waals surface area contributed by atoms with Gasteiger partial charge in [0.1, 0.15) is 5.75 Å². The number of nitrogens with zero attached hydrogens (tertiary/aromatic N) is 1. The lowest BCUT2D eigenvalue weighted by Gasteiger charge is -2.15. The molecule has 1 aliphatic rings. The molecule has 4 nitrogen and oxygen atoms in total. The summed E-state index contributed by atoms with van der Waals surface area (Å²) in [6, 6.07) is 5.17. The molecule has 0 radical (unpaired) electrons. The summed E-state index contributed by atoms with van der Waals surface area (Å²) in [6.07, 6.45) is 5.12. The van der Waals surface area contributed by atoms with E-state index in [0.717, 1.165) is 24.4 Å². The number of hydrogen-bond donors (Lipinski definition) is 2. The molecule has 1 fully saturated rings. The van der Waals surface area contributed by atoms with Crippen LogP contribution in [0.25, 0.3) is 0 Å². The molecular formula is C17H26F2IN3O. The van der Waals surface area contributed by atoms with Gasteiger partial charge in [0.05, 0.1) is 0 Å². The lowest BCUT2D eigenvalue weighted by molar-refractivity contribution is -0.0504. The maximum Gasteiger partial charge on any atom is 0.387 e. The molecule has 0 aromatic heterocycles. The third kappa shape index (κ3) is 7.63. The van der Waals surface area contributed by atoms with Crippen LogP contribution in [0.4, 0.5) is 8.78 Å². The van der Waals surface area contributed by atoms with Crippen molar-refractivity contribution in [2.75, 3.05) is 13.6 Å². The molecule has 0 spiro atoms. The predicted molar refractivity (Wildman–Crippen MR) is 103 cm³/mol. The summed E-state index contributed by atoms with van der Waals surface area (Å²) in [5.41, 5.74) is 1.68. The first-order valence-electron chi connectivity index (χ1n) is 8.07. The molecule has 2 rings (SSSR count). The van der Waals surface area contributed by atoms with Gasteiger partial charge >= 0.3 is 6.61 Å². The van der Waals surface area contributed by atoms with Gasteiger partial charge in [-0.15, -0.1) is 24.0 Å². The molecule has 0 bridgehead atoms. The maximum atomic E-state index is 12.5. The molecule has 2 N–H and O–H groups in total. The van der Waals surface area contributed by atoms with E-state index in [9.17, 15) is 8.78 Å². The van der Waals surface area contributed by atoms with E-state index in [1.807, 2.05) is 13.0 Å². The summed E-state index contributed by atoms with van der Waals surface area (Å²) in [6.45, 7) is 0.341. The number of benzene rings is 1. The van der Waals surface area contributed by atoms with Crippen LogP contribution < -0.4 is 15.4 Å². The highest BCUT2D eigenvalue weighted by atomic mass is 127. The first-order valence-corrected chi connectivity index (χ1v) is 8.07. The summed E-state index contributed by atoms with van der Waals surface area (Å²) in [4.78, 5) is 4.15. The summed E-state index contributed by atoms with van der Waals surface area (Å²) < 4.78 is 29.5. The minimum atomic E-state index is -2.82. The summed E-state index contributed by atoms with van der Waals surface area (Å²) >= 11 is 0. The van der Waals surface area contributed by atoms with E-state index in [4.69, 9.17) is 0 Å². The van der Waals surface area contributed by atoms with E-state index in [0.29, 0.717) is 18.1 Å². The highest BCUT2D eigenvalue weighted by Gasteiger charge is 2.20. The van der Waals surface area contributed by atoms with Gasteiger partial charge in [-0.2, -0.15) is 8.78 Å². The van der Waals surface area contributed by atoms with Gasteiger partial charge in [-0.25, -0.2) is 0 Å². The van der Waals surface area contributed by atoms with Crippen LogP contribution in [0.2, 0.25) is 0 Å². The zero-order chi connectivity index (χ0) is 16.7. The van der Waals surface area contributed by atoms with Crippen LogP contribution in [0.3, 0.4) is 0 Å². The Bertz CT molecular complexity index is 537. The van der Waals surface area contributed by atoms with Gasteiger partial charge in [-0.3, -0.25) is 4.99 Å². The number of halogens is 3. The van der Waals surface area contributed by atoms with Crippen LogP contribution in [-0.2, 0) is 6.54 Å². The third-order valence-corrected chi connectivity index (χ3v) is 3.88. The van der Waals surface area contributed by atoms with Crippen molar-refractivity contribution in [3.63, 3.8) is 0 Å².